The molecule has 6 aromatic carbocycles. The normalized spacial score (nSPS) is 12.2. The number of rotatable bonds is 4. The zero-order valence-corrected chi connectivity index (χ0v) is 26.5. The van der Waals surface area contributed by atoms with Gasteiger partial charge < -0.3 is 4.42 Å². The van der Waals surface area contributed by atoms with Gasteiger partial charge in [0.1, 0.15) is 5.52 Å². The molecule has 0 aliphatic carbocycles. The van der Waals surface area contributed by atoms with Crippen molar-refractivity contribution in [3.8, 4) is 34.7 Å². The van der Waals surface area contributed by atoms with Crippen LogP contribution in [0.1, 0.15) is 5.56 Å². The summed E-state index contributed by atoms with van der Waals surface area (Å²) in [7, 11) is 0. The molecule has 0 aliphatic rings. The van der Waals surface area contributed by atoms with E-state index in [1.807, 2.05) is 112 Å². The lowest BCUT2D eigenvalue weighted by molar-refractivity contribution is -0.137. The average Bonchev–Trinajstić information content (AvgIpc) is 3.84. The molecule has 0 N–H and O–H groups in total. The van der Waals surface area contributed by atoms with Crippen LogP contribution in [0.25, 0.3) is 89.5 Å². The molecule has 4 aromatic heterocycles. The monoisotopic (exact) mass is 672 g/mol. The summed E-state index contributed by atoms with van der Waals surface area (Å²) in [6.07, 6.45) is -4.52. The van der Waals surface area contributed by atoms with Crippen LogP contribution in [0, 0.1) is 0 Å². The molecular formula is C41H23F3N6O. The van der Waals surface area contributed by atoms with Crippen LogP contribution in [0.5, 0.6) is 0 Å². The van der Waals surface area contributed by atoms with Gasteiger partial charge in [0, 0.05) is 32.7 Å². The van der Waals surface area contributed by atoms with E-state index in [9.17, 15) is 13.2 Å². The van der Waals surface area contributed by atoms with Crippen molar-refractivity contribution in [1.29, 1.82) is 0 Å². The molecule has 0 atom stereocenters. The van der Waals surface area contributed by atoms with Crippen LogP contribution >= 0.6 is 0 Å². The number of fused-ring (bicyclic) bond motifs is 8. The van der Waals surface area contributed by atoms with Gasteiger partial charge in [0.15, 0.2) is 17.2 Å². The summed E-state index contributed by atoms with van der Waals surface area (Å²) in [5.41, 5.74) is 4.41. The summed E-state index contributed by atoms with van der Waals surface area (Å²) >= 11 is 0. The number of benzene rings is 6. The average molecular weight is 673 g/mol. The van der Waals surface area contributed by atoms with E-state index in [4.69, 9.17) is 19.4 Å². The van der Waals surface area contributed by atoms with E-state index in [1.165, 1.54) is 6.07 Å². The fraction of sp³-hybridized carbons (Fsp3) is 0.0244. The van der Waals surface area contributed by atoms with Crippen molar-refractivity contribution in [2.45, 2.75) is 6.18 Å². The molecule has 7 nitrogen and oxygen atoms in total. The number of nitrogens with zero attached hydrogens (tertiary/aromatic N) is 6. The third-order valence-electron chi connectivity index (χ3n) is 9.25. The predicted molar refractivity (Wildman–Crippen MR) is 192 cm³/mol. The number of alkyl halides is 3. The number of halogens is 3. The van der Waals surface area contributed by atoms with Crippen LogP contribution in [-0.2, 0) is 6.18 Å². The lowest BCUT2D eigenvalue weighted by atomic mass is 10.1. The second-order valence-electron chi connectivity index (χ2n) is 12.3. The summed E-state index contributed by atoms with van der Waals surface area (Å²) < 4.78 is 51.2. The maximum absolute atomic E-state index is 13.7. The molecule has 4 heterocycles. The van der Waals surface area contributed by atoms with E-state index >= 15 is 0 Å². The smallest absolute Gasteiger partial charge is 0.416 e. The Bertz CT molecular complexity index is 2910. The fourth-order valence-corrected chi connectivity index (χ4v) is 6.99. The maximum atomic E-state index is 13.7. The van der Waals surface area contributed by atoms with Crippen LogP contribution in [0.15, 0.2) is 144 Å². The highest BCUT2D eigenvalue weighted by molar-refractivity contribution is 6.23. The Morgan fingerprint density at radius 2 is 1.02 bits per heavy atom. The Morgan fingerprint density at radius 1 is 0.490 bits per heavy atom. The minimum atomic E-state index is -4.52. The minimum Gasteiger partial charge on any atom is -0.423 e. The molecule has 10 aromatic rings. The predicted octanol–water partition coefficient (Wildman–Crippen LogP) is 10.6. The van der Waals surface area contributed by atoms with Gasteiger partial charge in [-0.25, -0.2) is 4.98 Å². The van der Waals surface area contributed by atoms with E-state index in [0.29, 0.717) is 17.6 Å². The number of aromatic nitrogens is 6. The molecule has 10 rings (SSSR count). The van der Waals surface area contributed by atoms with Gasteiger partial charge in [-0.2, -0.15) is 28.1 Å². The molecule has 0 radical (unpaired) electrons. The molecule has 0 bridgehead atoms. The van der Waals surface area contributed by atoms with Crippen molar-refractivity contribution in [3.05, 3.63) is 145 Å². The van der Waals surface area contributed by atoms with Crippen molar-refractivity contribution in [2.24, 2.45) is 0 Å². The zero-order valence-electron chi connectivity index (χ0n) is 26.5. The van der Waals surface area contributed by atoms with Gasteiger partial charge in [0.05, 0.1) is 27.6 Å². The van der Waals surface area contributed by atoms with E-state index in [-0.39, 0.29) is 17.1 Å². The molecule has 0 fully saturated rings. The van der Waals surface area contributed by atoms with E-state index in [1.54, 1.807) is 0 Å². The van der Waals surface area contributed by atoms with Crippen molar-refractivity contribution in [3.63, 3.8) is 0 Å². The van der Waals surface area contributed by atoms with Crippen molar-refractivity contribution in [2.75, 3.05) is 0 Å². The number of hydrogen-bond acceptors (Lipinski definition) is 5. The third kappa shape index (κ3) is 4.53. The molecular weight excluding hydrogens is 649 g/mol. The molecule has 0 amide bonds. The van der Waals surface area contributed by atoms with Gasteiger partial charge in [-0.15, -0.1) is 0 Å². The van der Waals surface area contributed by atoms with Crippen molar-refractivity contribution >= 4 is 54.7 Å². The first-order valence-electron chi connectivity index (χ1n) is 16.2. The van der Waals surface area contributed by atoms with E-state index in [2.05, 4.69) is 23.2 Å². The lowest BCUT2D eigenvalue weighted by Gasteiger charge is -2.12. The van der Waals surface area contributed by atoms with E-state index < -0.39 is 11.7 Å². The first-order valence-corrected chi connectivity index (χ1v) is 16.2. The van der Waals surface area contributed by atoms with Crippen LogP contribution in [0.3, 0.4) is 0 Å². The molecule has 244 valence electrons. The topological polar surface area (TPSA) is 74.6 Å². The van der Waals surface area contributed by atoms with Crippen molar-refractivity contribution < 1.29 is 17.6 Å². The van der Waals surface area contributed by atoms with Crippen LogP contribution in [0.4, 0.5) is 13.2 Å². The highest BCUT2D eigenvalue weighted by Gasteiger charge is 2.31. The Kier molecular flexibility index (Phi) is 6.20. The van der Waals surface area contributed by atoms with Crippen LogP contribution in [0.2, 0.25) is 0 Å². The fourth-order valence-electron chi connectivity index (χ4n) is 6.99. The Hall–Kier alpha value is -6.81. The molecule has 0 saturated heterocycles. The highest BCUT2D eigenvalue weighted by Crippen LogP contribution is 2.42. The quantitative estimate of drug-likeness (QED) is 0.186. The Morgan fingerprint density at radius 3 is 1.61 bits per heavy atom. The van der Waals surface area contributed by atoms with Crippen LogP contribution in [-0.4, -0.2) is 29.1 Å². The zero-order chi connectivity index (χ0) is 34.3. The second-order valence-corrected chi connectivity index (χ2v) is 12.3. The van der Waals surface area contributed by atoms with Gasteiger partial charge in [-0.1, -0.05) is 109 Å². The highest BCUT2D eigenvalue weighted by atomic mass is 19.4. The van der Waals surface area contributed by atoms with Gasteiger partial charge in [-0.05, 0) is 30.3 Å². The summed E-state index contributed by atoms with van der Waals surface area (Å²) in [5.74, 6) is 1.43. The van der Waals surface area contributed by atoms with Gasteiger partial charge in [0.2, 0.25) is 5.95 Å². The van der Waals surface area contributed by atoms with Gasteiger partial charge in [0.25, 0.3) is 0 Å². The molecule has 0 unspecified atom stereocenters. The molecule has 0 aliphatic heterocycles. The summed E-state index contributed by atoms with van der Waals surface area (Å²) in [5, 5.41) is 3.73. The largest absolute Gasteiger partial charge is 0.423 e. The van der Waals surface area contributed by atoms with Crippen LogP contribution < -0.4 is 0 Å². The first-order chi connectivity index (χ1) is 24.9. The molecule has 0 spiro atoms. The minimum absolute atomic E-state index is 0.107. The molecule has 51 heavy (non-hydrogen) atoms. The standard InChI is InChI=1S/C41H23F3N6O/c42-41(43,44)26-19-22-34-31(23-26)45-40(51-34)50-33-18-10-8-16-28(33)30-21-20-29-27-15-7-9-17-32(27)49(35(29)36(30)50)39-47-37(24-11-3-1-4-12-24)46-38(48-39)25-13-5-2-6-14-25/h1-23H. The van der Waals surface area contributed by atoms with Gasteiger partial charge >= 0.3 is 12.2 Å². The molecule has 0 saturated carbocycles. The van der Waals surface area contributed by atoms with Crippen molar-refractivity contribution in [1.82, 2.24) is 29.1 Å². The number of oxazole rings is 1. The third-order valence-corrected chi connectivity index (χ3v) is 9.25. The Balaban J connectivity index is 1.35. The second kappa shape index (κ2) is 10.8. The maximum Gasteiger partial charge on any atom is 0.416 e. The summed E-state index contributed by atoms with van der Waals surface area (Å²) in [4.78, 5) is 19.7. The molecule has 10 heteroatoms. The number of hydrogen-bond donors (Lipinski definition) is 0. The lowest BCUT2D eigenvalue weighted by Crippen LogP contribution is -2.07. The van der Waals surface area contributed by atoms with Gasteiger partial charge in [-0.3, -0.25) is 9.13 Å². The summed E-state index contributed by atoms with van der Waals surface area (Å²) in [6.45, 7) is 0. The summed E-state index contributed by atoms with van der Waals surface area (Å²) in [6, 6.07) is 43.1. The Labute approximate surface area is 286 Å². The first kappa shape index (κ1) is 29.1. The SMILES string of the molecule is FC(F)(F)c1ccc2oc(-n3c4ccccc4c4ccc5c6ccccc6n(-c6nc(-c7ccccc7)nc(-c7ccccc7)n6)c5c43)nc2c1. The van der Waals surface area contributed by atoms with E-state index in [0.717, 1.165) is 66.9 Å². The number of para-hydroxylation sites is 2.